The number of pyridine rings is 3. The molecular weight excluding hydrogens is 378 g/mol. The molecular formula is C21H27N9. The Morgan fingerprint density at radius 2 is 2.00 bits per heavy atom. The summed E-state index contributed by atoms with van der Waals surface area (Å²) in [7, 11) is 3.69. The normalized spacial score (nSPS) is 15.2. The molecule has 0 amide bonds. The molecule has 4 rings (SSSR count). The lowest BCUT2D eigenvalue weighted by atomic mass is 10.0. The lowest BCUT2D eigenvalue weighted by molar-refractivity contribution is 0.508. The topological polar surface area (TPSA) is 144 Å². The van der Waals surface area contributed by atoms with Gasteiger partial charge in [-0.05, 0) is 61.0 Å². The number of anilines is 3. The lowest BCUT2D eigenvalue weighted by Crippen LogP contribution is -2.25. The third-order valence-corrected chi connectivity index (χ3v) is 5.35. The zero-order valence-corrected chi connectivity index (χ0v) is 17.1. The van der Waals surface area contributed by atoms with Gasteiger partial charge < -0.3 is 27.1 Å². The first-order chi connectivity index (χ1) is 14.5. The Hall–Kier alpha value is -3.43. The molecule has 0 radical (unpaired) electrons. The van der Waals surface area contributed by atoms with E-state index in [1.54, 1.807) is 13.2 Å². The molecule has 9 nitrogen and oxygen atoms in total. The summed E-state index contributed by atoms with van der Waals surface area (Å²) in [5.41, 5.74) is 14.2. The third-order valence-electron chi connectivity index (χ3n) is 5.35. The molecule has 30 heavy (non-hydrogen) atoms. The minimum absolute atomic E-state index is 0.348. The maximum absolute atomic E-state index is 6.14. The number of hydrogen-bond donors (Lipinski definition) is 5. The summed E-state index contributed by atoms with van der Waals surface area (Å²) >= 11 is 0. The molecule has 9 heteroatoms. The smallest absolute Gasteiger partial charge is 0.133 e. The highest BCUT2D eigenvalue weighted by Gasteiger charge is 2.31. The Balaban J connectivity index is 1.65. The molecule has 1 aliphatic carbocycles. The van der Waals surface area contributed by atoms with Crippen LogP contribution in [-0.4, -0.2) is 34.1 Å². The van der Waals surface area contributed by atoms with E-state index >= 15 is 0 Å². The molecule has 3 aromatic heterocycles. The second kappa shape index (κ2) is 8.13. The molecule has 156 valence electrons. The fourth-order valence-corrected chi connectivity index (χ4v) is 3.70. The van der Waals surface area contributed by atoms with Crippen molar-refractivity contribution in [2.45, 2.75) is 18.9 Å². The number of nitrogens with one attached hydrogen (secondary N) is 2. The van der Waals surface area contributed by atoms with E-state index < -0.39 is 0 Å². The SMILES string of the molecule is CNC(c1ccnc(Nc2cc3cc(/C(=C/N)N(C)N)nc(N)c3cn2)c1)C1CC1. The zero-order chi connectivity index (χ0) is 21.3. The first-order valence-corrected chi connectivity index (χ1v) is 9.87. The van der Waals surface area contributed by atoms with Gasteiger partial charge in [0.05, 0.1) is 11.4 Å². The minimum Gasteiger partial charge on any atom is -0.403 e. The summed E-state index contributed by atoms with van der Waals surface area (Å²) in [5, 5.41) is 9.74. The Bertz CT molecular complexity index is 1090. The van der Waals surface area contributed by atoms with E-state index in [0.29, 0.717) is 35.0 Å². The quantitative estimate of drug-likeness (QED) is 0.295. The Labute approximate surface area is 175 Å². The summed E-state index contributed by atoms with van der Waals surface area (Å²) < 4.78 is 0. The van der Waals surface area contributed by atoms with E-state index in [1.165, 1.54) is 29.6 Å². The van der Waals surface area contributed by atoms with Gasteiger partial charge in [-0.25, -0.2) is 20.8 Å². The number of hydrazine groups is 1. The van der Waals surface area contributed by atoms with Gasteiger partial charge in [-0.1, -0.05) is 0 Å². The maximum Gasteiger partial charge on any atom is 0.133 e. The Morgan fingerprint density at radius 1 is 1.23 bits per heavy atom. The molecule has 0 bridgehead atoms. The van der Waals surface area contributed by atoms with E-state index in [-0.39, 0.29) is 0 Å². The predicted molar refractivity (Wildman–Crippen MR) is 120 cm³/mol. The van der Waals surface area contributed by atoms with Gasteiger partial charge >= 0.3 is 0 Å². The van der Waals surface area contributed by atoms with E-state index in [4.69, 9.17) is 17.3 Å². The monoisotopic (exact) mass is 405 g/mol. The van der Waals surface area contributed by atoms with Crippen LogP contribution < -0.4 is 27.9 Å². The Morgan fingerprint density at radius 3 is 2.67 bits per heavy atom. The van der Waals surface area contributed by atoms with Gasteiger partial charge in [0.15, 0.2) is 0 Å². The fraction of sp³-hybridized carbons (Fsp3) is 0.286. The van der Waals surface area contributed by atoms with Crippen LogP contribution in [0.5, 0.6) is 0 Å². The van der Waals surface area contributed by atoms with Crippen molar-refractivity contribution >= 4 is 33.9 Å². The molecule has 1 atom stereocenters. The van der Waals surface area contributed by atoms with Crippen LogP contribution in [0.2, 0.25) is 0 Å². The third kappa shape index (κ3) is 3.98. The first kappa shape index (κ1) is 19.9. The molecule has 1 unspecified atom stereocenters. The summed E-state index contributed by atoms with van der Waals surface area (Å²) in [4.78, 5) is 13.3. The van der Waals surface area contributed by atoms with Gasteiger partial charge in [0, 0.05) is 37.1 Å². The second-order valence-corrected chi connectivity index (χ2v) is 7.55. The van der Waals surface area contributed by atoms with Crippen LogP contribution >= 0.6 is 0 Å². The second-order valence-electron chi connectivity index (χ2n) is 7.55. The van der Waals surface area contributed by atoms with Gasteiger partial charge in [0.2, 0.25) is 0 Å². The van der Waals surface area contributed by atoms with Crippen LogP contribution in [0.1, 0.15) is 30.1 Å². The number of aromatic nitrogens is 3. The first-order valence-electron chi connectivity index (χ1n) is 9.87. The molecule has 1 saturated carbocycles. The number of nitrogens with zero attached hydrogens (tertiary/aromatic N) is 4. The number of hydrogen-bond acceptors (Lipinski definition) is 9. The molecule has 0 aromatic carbocycles. The van der Waals surface area contributed by atoms with E-state index in [2.05, 4.69) is 37.7 Å². The van der Waals surface area contributed by atoms with Gasteiger partial charge in [0.25, 0.3) is 0 Å². The van der Waals surface area contributed by atoms with Gasteiger partial charge in [-0.2, -0.15) is 0 Å². The highest BCUT2D eigenvalue weighted by atomic mass is 15.4. The lowest BCUT2D eigenvalue weighted by Gasteiger charge is -2.17. The van der Waals surface area contributed by atoms with Crippen LogP contribution in [0.25, 0.3) is 16.5 Å². The molecule has 8 N–H and O–H groups in total. The molecule has 1 fully saturated rings. The molecule has 0 aliphatic heterocycles. The average Bonchev–Trinajstić information content (AvgIpc) is 3.54. The van der Waals surface area contributed by atoms with Gasteiger partial charge in [-0.3, -0.25) is 0 Å². The number of rotatable bonds is 7. The van der Waals surface area contributed by atoms with Crippen molar-refractivity contribution in [2.75, 3.05) is 25.1 Å². The number of fused-ring (bicyclic) bond motifs is 1. The van der Waals surface area contributed by atoms with Crippen molar-refractivity contribution in [3.05, 3.63) is 54.1 Å². The van der Waals surface area contributed by atoms with Crippen LogP contribution in [0.3, 0.4) is 0 Å². The highest BCUT2D eigenvalue weighted by Crippen LogP contribution is 2.41. The summed E-state index contributed by atoms with van der Waals surface area (Å²) in [5.74, 6) is 8.31. The standard InChI is InChI=1S/C21H27N9/c1-25-20(12-3-4-12)13-5-6-26-18(8-13)29-19-9-14-7-16(17(10-22)30(2)24)28-21(23)15(14)11-27-19/h5-12,20,25H,3-4,22,24H2,1-2H3,(H2,23,28)(H,26,27,29)/b17-10-. The summed E-state index contributed by atoms with van der Waals surface area (Å²) in [6.45, 7) is 0. The number of nitrogens with two attached hydrogens (primary N) is 3. The molecule has 3 heterocycles. The molecule has 0 spiro atoms. The summed E-state index contributed by atoms with van der Waals surface area (Å²) in [6.07, 6.45) is 7.45. The van der Waals surface area contributed by atoms with Crippen molar-refractivity contribution in [3.63, 3.8) is 0 Å². The highest BCUT2D eigenvalue weighted by molar-refractivity contribution is 5.93. The van der Waals surface area contributed by atoms with Crippen molar-refractivity contribution in [1.82, 2.24) is 25.3 Å². The van der Waals surface area contributed by atoms with Gasteiger partial charge in [-0.15, -0.1) is 0 Å². The van der Waals surface area contributed by atoms with Crippen molar-refractivity contribution < 1.29 is 0 Å². The van der Waals surface area contributed by atoms with Crippen LogP contribution in [0, 0.1) is 5.92 Å². The van der Waals surface area contributed by atoms with E-state index in [0.717, 1.165) is 16.6 Å². The minimum atomic E-state index is 0.348. The predicted octanol–water partition coefficient (Wildman–Crippen LogP) is 2.08. The fourth-order valence-electron chi connectivity index (χ4n) is 3.70. The van der Waals surface area contributed by atoms with E-state index in [9.17, 15) is 0 Å². The van der Waals surface area contributed by atoms with Crippen LogP contribution in [0.4, 0.5) is 17.5 Å². The number of nitrogen functional groups attached to an aromatic ring is 1. The molecule has 0 saturated heterocycles. The van der Waals surface area contributed by atoms with E-state index in [1.807, 2.05) is 25.4 Å². The largest absolute Gasteiger partial charge is 0.403 e. The van der Waals surface area contributed by atoms with Crippen LogP contribution in [0.15, 0.2) is 42.9 Å². The molecule has 3 aromatic rings. The molecule has 1 aliphatic rings. The maximum atomic E-state index is 6.14. The van der Waals surface area contributed by atoms with Crippen molar-refractivity contribution in [2.24, 2.45) is 17.5 Å². The summed E-state index contributed by atoms with van der Waals surface area (Å²) in [6, 6.07) is 8.26. The Kier molecular flexibility index (Phi) is 5.39. The zero-order valence-electron chi connectivity index (χ0n) is 17.1. The van der Waals surface area contributed by atoms with Crippen molar-refractivity contribution in [3.8, 4) is 0 Å². The average molecular weight is 406 g/mol. The van der Waals surface area contributed by atoms with Gasteiger partial charge in [0.1, 0.15) is 17.5 Å². The van der Waals surface area contributed by atoms with Crippen molar-refractivity contribution in [1.29, 1.82) is 0 Å². The van der Waals surface area contributed by atoms with Crippen LogP contribution in [-0.2, 0) is 0 Å².